The van der Waals surface area contributed by atoms with Crippen LogP contribution in [0.5, 0.6) is 5.75 Å². The standard InChI is InChI=1S/C28H34BO/c1-2-3-21-30-28-17-10-16-27(23-28)29-20-8-7-13-25-14-9-15-26(22-25)19-18-24-11-5-4-6-12-24/h4-6,9-12,14-17,22-23H,2-3,7-8,13,18-21H2,1H3. The van der Waals surface area contributed by atoms with E-state index in [1.165, 1.54) is 41.4 Å². The lowest BCUT2D eigenvalue weighted by molar-refractivity contribution is 0.309. The summed E-state index contributed by atoms with van der Waals surface area (Å²) in [5, 5.41) is 0. The molecule has 0 aliphatic heterocycles. The van der Waals surface area contributed by atoms with Crippen LogP contribution in [0.1, 0.15) is 49.3 Å². The highest BCUT2D eigenvalue weighted by atomic mass is 16.5. The maximum Gasteiger partial charge on any atom is 0.151 e. The summed E-state index contributed by atoms with van der Waals surface area (Å²) in [6, 6.07) is 28.4. The van der Waals surface area contributed by atoms with E-state index in [1.807, 2.05) is 0 Å². The normalized spacial score (nSPS) is 10.7. The molecule has 30 heavy (non-hydrogen) atoms. The van der Waals surface area contributed by atoms with Gasteiger partial charge in [0.2, 0.25) is 0 Å². The number of benzene rings is 3. The maximum atomic E-state index is 5.81. The summed E-state index contributed by atoms with van der Waals surface area (Å²) < 4.78 is 5.81. The molecule has 0 saturated carbocycles. The van der Waals surface area contributed by atoms with Crippen LogP contribution >= 0.6 is 0 Å². The number of ether oxygens (including phenoxy) is 1. The van der Waals surface area contributed by atoms with E-state index in [9.17, 15) is 0 Å². The van der Waals surface area contributed by atoms with Gasteiger partial charge in [-0.15, -0.1) is 0 Å². The molecule has 0 aliphatic rings. The Morgan fingerprint density at radius 3 is 2.23 bits per heavy atom. The van der Waals surface area contributed by atoms with Gasteiger partial charge in [-0.1, -0.05) is 98.3 Å². The third-order valence-electron chi connectivity index (χ3n) is 5.46. The molecule has 1 radical (unpaired) electrons. The highest BCUT2D eigenvalue weighted by Gasteiger charge is 2.01. The van der Waals surface area contributed by atoms with Crippen molar-refractivity contribution in [1.82, 2.24) is 0 Å². The summed E-state index contributed by atoms with van der Waals surface area (Å²) >= 11 is 0. The van der Waals surface area contributed by atoms with Gasteiger partial charge in [-0.25, -0.2) is 0 Å². The summed E-state index contributed by atoms with van der Waals surface area (Å²) in [7, 11) is 2.34. The third kappa shape index (κ3) is 8.10. The third-order valence-corrected chi connectivity index (χ3v) is 5.46. The first kappa shape index (κ1) is 22.2. The number of hydrogen-bond acceptors (Lipinski definition) is 1. The summed E-state index contributed by atoms with van der Waals surface area (Å²) in [6.45, 7) is 3.00. The summed E-state index contributed by atoms with van der Waals surface area (Å²) in [5.74, 6) is 0.990. The Labute approximate surface area is 183 Å². The van der Waals surface area contributed by atoms with Gasteiger partial charge in [-0.2, -0.15) is 0 Å². The molecule has 0 N–H and O–H groups in total. The zero-order valence-corrected chi connectivity index (χ0v) is 18.4. The minimum atomic E-state index is 0.810. The average molecular weight is 397 g/mol. The van der Waals surface area contributed by atoms with Crippen LogP contribution in [0.25, 0.3) is 0 Å². The lowest BCUT2D eigenvalue weighted by atomic mass is 9.66. The fraction of sp³-hybridized carbons (Fsp3) is 0.357. The molecule has 3 aromatic rings. The van der Waals surface area contributed by atoms with Crippen molar-refractivity contribution in [3.05, 3.63) is 95.6 Å². The maximum absolute atomic E-state index is 5.81. The van der Waals surface area contributed by atoms with Gasteiger partial charge in [-0.05, 0) is 60.9 Å². The summed E-state index contributed by atoms with van der Waals surface area (Å²) in [5.41, 5.74) is 5.60. The van der Waals surface area contributed by atoms with Crippen LogP contribution in [-0.2, 0) is 19.3 Å². The van der Waals surface area contributed by atoms with Crippen LogP contribution < -0.4 is 10.2 Å². The first-order valence-corrected chi connectivity index (χ1v) is 11.5. The Kier molecular flexibility index (Phi) is 9.59. The lowest BCUT2D eigenvalue weighted by Crippen LogP contribution is -2.13. The van der Waals surface area contributed by atoms with Crippen LogP contribution in [0.4, 0.5) is 0 Å². The number of hydrogen-bond donors (Lipinski definition) is 0. The molecule has 2 heteroatoms. The molecule has 0 saturated heterocycles. The van der Waals surface area contributed by atoms with Crippen molar-refractivity contribution in [2.24, 2.45) is 0 Å². The van der Waals surface area contributed by atoms with Gasteiger partial charge in [0.05, 0.1) is 6.61 Å². The molecule has 0 heterocycles. The minimum Gasteiger partial charge on any atom is -0.494 e. The SMILES string of the molecule is CCCCOc1cccc([B]CCCCc2cccc(CCc3ccccc3)c2)c1. The smallest absolute Gasteiger partial charge is 0.151 e. The molecule has 0 aromatic heterocycles. The van der Waals surface area contributed by atoms with Crippen molar-refractivity contribution in [1.29, 1.82) is 0 Å². The molecular weight excluding hydrogens is 363 g/mol. The van der Waals surface area contributed by atoms with Gasteiger partial charge in [0.15, 0.2) is 7.28 Å². The second kappa shape index (κ2) is 13.0. The van der Waals surface area contributed by atoms with Crippen molar-refractivity contribution in [3.63, 3.8) is 0 Å². The van der Waals surface area contributed by atoms with Crippen LogP contribution in [-0.4, -0.2) is 13.9 Å². The van der Waals surface area contributed by atoms with E-state index in [-0.39, 0.29) is 0 Å². The zero-order chi connectivity index (χ0) is 20.9. The molecule has 0 atom stereocenters. The molecule has 0 fully saturated rings. The fourth-order valence-electron chi connectivity index (χ4n) is 3.68. The number of unbranched alkanes of at least 4 members (excludes halogenated alkanes) is 2. The Balaban J connectivity index is 1.36. The summed E-state index contributed by atoms with van der Waals surface area (Å²) in [4.78, 5) is 0. The Bertz CT molecular complexity index is 859. The second-order valence-electron chi connectivity index (χ2n) is 8.03. The molecule has 3 rings (SSSR count). The molecule has 0 amide bonds. The van der Waals surface area contributed by atoms with Gasteiger partial charge in [0, 0.05) is 0 Å². The van der Waals surface area contributed by atoms with Crippen LogP contribution in [0.2, 0.25) is 6.32 Å². The predicted octanol–water partition coefficient (Wildman–Crippen LogP) is 6.42. The van der Waals surface area contributed by atoms with Crippen LogP contribution in [0.15, 0.2) is 78.9 Å². The van der Waals surface area contributed by atoms with E-state index in [0.29, 0.717) is 0 Å². The van der Waals surface area contributed by atoms with Gasteiger partial charge < -0.3 is 4.74 Å². The van der Waals surface area contributed by atoms with E-state index >= 15 is 0 Å². The van der Waals surface area contributed by atoms with Crippen molar-refractivity contribution in [2.75, 3.05) is 6.61 Å². The molecule has 0 unspecified atom stereocenters. The molecule has 0 spiro atoms. The highest BCUT2D eigenvalue weighted by Crippen LogP contribution is 2.13. The second-order valence-corrected chi connectivity index (χ2v) is 8.03. The monoisotopic (exact) mass is 397 g/mol. The molecule has 155 valence electrons. The minimum absolute atomic E-state index is 0.810. The van der Waals surface area contributed by atoms with E-state index in [4.69, 9.17) is 4.74 Å². The van der Waals surface area contributed by atoms with Crippen molar-refractivity contribution in [2.45, 2.75) is 58.2 Å². The quantitative estimate of drug-likeness (QED) is 0.239. The molecule has 1 nitrogen and oxygen atoms in total. The van der Waals surface area contributed by atoms with Gasteiger partial charge in [0.25, 0.3) is 0 Å². The molecule has 3 aromatic carbocycles. The van der Waals surface area contributed by atoms with E-state index in [0.717, 1.165) is 44.4 Å². The largest absolute Gasteiger partial charge is 0.494 e. The first-order chi connectivity index (χ1) is 14.8. The number of aryl methyl sites for hydroxylation is 3. The zero-order valence-electron chi connectivity index (χ0n) is 18.4. The van der Waals surface area contributed by atoms with E-state index in [2.05, 4.69) is 93.1 Å². The van der Waals surface area contributed by atoms with Gasteiger partial charge in [0.1, 0.15) is 5.75 Å². The van der Waals surface area contributed by atoms with E-state index < -0.39 is 0 Å². The van der Waals surface area contributed by atoms with Gasteiger partial charge >= 0.3 is 0 Å². The Hall–Kier alpha value is -2.48. The predicted molar refractivity (Wildman–Crippen MR) is 130 cm³/mol. The van der Waals surface area contributed by atoms with E-state index in [1.54, 1.807) is 0 Å². The van der Waals surface area contributed by atoms with Crippen molar-refractivity contribution >= 4 is 12.7 Å². The summed E-state index contributed by atoms with van der Waals surface area (Å²) in [6.07, 6.45) is 9.23. The highest BCUT2D eigenvalue weighted by molar-refractivity contribution is 6.53. The fourth-order valence-corrected chi connectivity index (χ4v) is 3.68. The van der Waals surface area contributed by atoms with Gasteiger partial charge in [-0.3, -0.25) is 0 Å². The Morgan fingerprint density at radius 1 is 0.667 bits per heavy atom. The topological polar surface area (TPSA) is 9.23 Å². The molecular formula is C28H34BO. The Morgan fingerprint density at radius 2 is 1.40 bits per heavy atom. The van der Waals surface area contributed by atoms with Crippen LogP contribution in [0.3, 0.4) is 0 Å². The first-order valence-electron chi connectivity index (χ1n) is 11.5. The van der Waals surface area contributed by atoms with Crippen molar-refractivity contribution < 1.29 is 4.74 Å². The molecule has 0 bridgehead atoms. The molecule has 0 aliphatic carbocycles. The van der Waals surface area contributed by atoms with Crippen molar-refractivity contribution in [3.8, 4) is 5.75 Å². The lowest BCUT2D eigenvalue weighted by Gasteiger charge is -2.08. The average Bonchev–Trinajstić information content (AvgIpc) is 2.79. The van der Waals surface area contributed by atoms with Crippen LogP contribution in [0, 0.1) is 0 Å². The number of rotatable bonds is 13.